The zero-order chi connectivity index (χ0) is 9.10. The molecule has 0 saturated heterocycles. The Balaban J connectivity index is 0.000000980. The minimum atomic E-state index is 0. The molecule has 0 bridgehead atoms. The summed E-state index contributed by atoms with van der Waals surface area (Å²) in [5, 5.41) is 0. The molecule has 1 aromatic heterocycles. The van der Waals surface area contributed by atoms with Gasteiger partial charge in [-0.25, -0.2) is 0 Å². The summed E-state index contributed by atoms with van der Waals surface area (Å²) in [7, 11) is 0. The molecule has 0 aliphatic carbocycles. The third-order valence-corrected chi connectivity index (χ3v) is 2.09. The Morgan fingerprint density at radius 3 is 2.57 bits per heavy atom. The summed E-state index contributed by atoms with van der Waals surface area (Å²) >= 11 is 0. The van der Waals surface area contributed by atoms with Gasteiger partial charge in [-0.3, -0.25) is 0 Å². The second-order valence-electron chi connectivity index (χ2n) is 2.90. The molecule has 2 aromatic rings. The highest BCUT2D eigenvalue weighted by Crippen LogP contribution is 2.14. The van der Waals surface area contributed by atoms with Gasteiger partial charge in [0, 0.05) is 5.56 Å². The number of aromatic nitrogens is 1. The number of oxazole rings is 1. The van der Waals surface area contributed by atoms with E-state index in [9.17, 15) is 0 Å². The molecule has 0 radical (unpaired) electrons. The van der Waals surface area contributed by atoms with Crippen molar-refractivity contribution in [2.75, 3.05) is 0 Å². The van der Waals surface area contributed by atoms with E-state index in [2.05, 4.69) is 23.6 Å². The van der Waals surface area contributed by atoms with Gasteiger partial charge in [0.15, 0.2) is 6.26 Å². The summed E-state index contributed by atoms with van der Waals surface area (Å²) in [6.45, 7) is 3.03. The van der Waals surface area contributed by atoms with Crippen LogP contribution in [0, 0.1) is 0 Å². The molecule has 2 nitrogen and oxygen atoms in total. The van der Waals surface area contributed by atoms with E-state index in [0.29, 0.717) is 0 Å². The van der Waals surface area contributed by atoms with E-state index >= 15 is 0 Å². The van der Waals surface area contributed by atoms with Gasteiger partial charge >= 0.3 is 6.39 Å². The molecule has 0 spiro atoms. The van der Waals surface area contributed by atoms with Crippen LogP contribution < -0.4 is 21.5 Å². The zero-order valence-electron chi connectivity index (χ0n) is 7.98. The van der Waals surface area contributed by atoms with Crippen molar-refractivity contribution in [3.05, 3.63) is 43.0 Å². The van der Waals surface area contributed by atoms with Crippen molar-refractivity contribution in [2.45, 2.75) is 13.5 Å². The van der Waals surface area contributed by atoms with Gasteiger partial charge in [0.1, 0.15) is 6.54 Å². The first-order valence-electron chi connectivity index (χ1n) is 4.43. The molecule has 0 saturated carbocycles. The second-order valence-corrected chi connectivity index (χ2v) is 2.90. The third kappa shape index (κ3) is 2.04. The number of benzene rings is 1. The molecule has 0 unspecified atom stereocenters. The average molecular weight is 254 g/mol. The smallest absolute Gasteiger partial charge is 0.334 e. The highest BCUT2D eigenvalue weighted by molar-refractivity contribution is 5.54. The minimum Gasteiger partial charge on any atom is -1.00 e. The molecular weight excluding hydrogens is 242 g/mol. The van der Waals surface area contributed by atoms with E-state index in [-0.39, 0.29) is 17.0 Å². The predicted molar refractivity (Wildman–Crippen MR) is 50.0 cm³/mol. The van der Waals surface area contributed by atoms with E-state index in [1.165, 1.54) is 5.56 Å². The molecule has 0 atom stereocenters. The highest BCUT2D eigenvalue weighted by Gasteiger charge is 2.12. The fraction of sp³-hybridized carbons (Fsp3) is 0.182. The van der Waals surface area contributed by atoms with Crippen LogP contribution in [0.2, 0.25) is 0 Å². The van der Waals surface area contributed by atoms with Gasteiger partial charge in [0.2, 0.25) is 0 Å². The normalized spacial score (nSPS) is 9.50. The van der Waals surface area contributed by atoms with Crippen LogP contribution in [0.15, 0.2) is 47.4 Å². The van der Waals surface area contributed by atoms with Gasteiger partial charge in [-0.2, -0.15) is 4.57 Å². The molecule has 0 aliphatic rings. The summed E-state index contributed by atoms with van der Waals surface area (Å²) in [6.07, 6.45) is 3.52. The van der Waals surface area contributed by atoms with Gasteiger partial charge in [-0.1, -0.05) is 18.2 Å². The summed E-state index contributed by atoms with van der Waals surface area (Å²) in [6, 6.07) is 10.2. The third-order valence-electron chi connectivity index (χ3n) is 2.09. The molecule has 1 heterocycles. The van der Waals surface area contributed by atoms with Gasteiger partial charge in [-0.05, 0) is 19.1 Å². The highest BCUT2D eigenvalue weighted by atomic mass is 79.9. The lowest BCUT2D eigenvalue weighted by atomic mass is 10.2. The van der Waals surface area contributed by atoms with Crippen LogP contribution in [0.4, 0.5) is 0 Å². The van der Waals surface area contributed by atoms with Crippen molar-refractivity contribution in [3.63, 3.8) is 0 Å². The van der Waals surface area contributed by atoms with E-state index in [1.54, 1.807) is 12.7 Å². The Labute approximate surface area is 94.0 Å². The Hall–Kier alpha value is -1.09. The molecule has 0 aliphatic heterocycles. The number of halogens is 1. The Bertz CT molecular complexity index is 383. The quantitative estimate of drug-likeness (QED) is 0.645. The van der Waals surface area contributed by atoms with Crippen LogP contribution in [-0.2, 0) is 6.54 Å². The monoisotopic (exact) mass is 253 g/mol. The number of nitrogens with zero attached hydrogens (tertiary/aromatic N) is 1. The average Bonchev–Trinajstić information content (AvgIpc) is 2.67. The second kappa shape index (κ2) is 4.96. The minimum absolute atomic E-state index is 0. The number of hydrogen-bond acceptors (Lipinski definition) is 1. The van der Waals surface area contributed by atoms with Crippen molar-refractivity contribution in [3.8, 4) is 11.3 Å². The number of hydrogen-bond donors (Lipinski definition) is 0. The Morgan fingerprint density at radius 2 is 1.93 bits per heavy atom. The van der Waals surface area contributed by atoms with Crippen molar-refractivity contribution in [1.29, 1.82) is 0 Å². The maximum Gasteiger partial charge on any atom is 0.334 e. The lowest BCUT2D eigenvalue weighted by molar-refractivity contribution is -0.686. The summed E-state index contributed by atoms with van der Waals surface area (Å²) in [5.41, 5.74) is 2.32. The fourth-order valence-electron chi connectivity index (χ4n) is 1.38. The molecule has 1 aromatic carbocycles. The van der Waals surface area contributed by atoms with Crippen LogP contribution in [0.1, 0.15) is 6.92 Å². The van der Waals surface area contributed by atoms with Crippen LogP contribution in [0.3, 0.4) is 0 Å². The molecule has 0 N–H and O–H groups in total. The van der Waals surface area contributed by atoms with Crippen LogP contribution >= 0.6 is 0 Å². The molecule has 0 amide bonds. The van der Waals surface area contributed by atoms with Crippen molar-refractivity contribution in [1.82, 2.24) is 0 Å². The topological polar surface area (TPSA) is 17.0 Å². The molecule has 2 rings (SSSR count). The van der Waals surface area contributed by atoms with Crippen molar-refractivity contribution < 1.29 is 26.0 Å². The molecule has 0 fully saturated rings. The molecule has 74 valence electrons. The lowest BCUT2D eigenvalue weighted by Crippen LogP contribution is -3.00. The Kier molecular flexibility index (Phi) is 3.89. The first-order chi connectivity index (χ1) is 6.42. The number of aryl methyl sites for hydroxylation is 1. The standard InChI is InChI=1S/C11H12NO.BrH/c1-2-12-9-13-8-11(12)10-6-4-3-5-7-10;/h3-9H,2H2,1H3;1H/q+1;/p-1. The van der Waals surface area contributed by atoms with Crippen LogP contribution in [0.5, 0.6) is 0 Å². The van der Waals surface area contributed by atoms with Crippen LogP contribution in [0.25, 0.3) is 11.3 Å². The first-order valence-corrected chi connectivity index (χ1v) is 4.43. The fourth-order valence-corrected chi connectivity index (χ4v) is 1.38. The van der Waals surface area contributed by atoms with E-state index in [0.717, 1.165) is 12.2 Å². The van der Waals surface area contributed by atoms with Gasteiger partial charge in [-0.15, -0.1) is 0 Å². The first kappa shape index (κ1) is 11.0. The van der Waals surface area contributed by atoms with Crippen molar-refractivity contribution >= 4 is 0 Å². The van der Waals surface area contributed by atoms with Gasteiger partial charge < -0.3 is 21.4 Å². The predicted octanol–water partition coefficient (Wildman–Crippen LogP) is -0.742. The SMILES string of the molecule is CC[n+]1cocc1-c1ccccc1.[Br-]. The van der Waals surface area contributed by atoms with Gasteiger partial charge in [0.25, 0.3) is 5.69 Å². The van der Waals surface area contributed by atoms with E-state index in [4.69, 9.17) is 4.42 Å². The lowest BCUT2D eigenvalue weighted by Gasteiger charge is -1.93. The summed E-state index contributed by atoms with van der Waals surface area (Å²) in [5.74, 6) is 0. The molecule has 14 heavy (non-hydrogen) atoms. The van der Waals surface area contributed by atoms with Crippen LogP contribution in [-0.4, -0.2) is 0 Å². The number of rotatable bonds is 2. The molecule has 3 heteroatoms. The summed E-state index contributed by atoms with van der Waals surface area (Å²) < 4.78 is 7.23. The maximum absolute atomic E-state index is 5.15. The zero-order valence-corrected chi connectivity index (χ0v) is 9.57. The molecular formula is C11H12BrNO. The summed E-state index contributed by atoms with van der Waals surface area (Å²) in [4.78, 5) is 0. The van der Waals surface area contributed by atoms with E-state index in [1.807, 2.05) is 18.2 Å². The van der Waals surface area contributed by atoms with E-state index < -0.39 is 0 Å². The van der Waals surface area contributed by atoms with Gasteiger partial charge in [0.05, 0.1) is 0 Å². The van der Waals surface area contributed by atoms with Crippen molar-refractivity contribution in [2.24, 2.45) is 0 Å². The Morgan fingerprint density at radius 1 is 1.21 bits per heavy atom. The largest absolute Gasteiger partial charge is 1.00 e. The maximum atomic E-state index is 5.15.